The van der Waals surface area contributed by atoms with Crippen LogP contribution in [-0.2, 0) is 4.79 Å². The Labute approximate surface area is 152 Å². The van der Waals surface area contributed by atoms with Gasteiger partial charge in [0.25, 0.3) is 0 Å². The fourth-order valence-corrected chi connectivity index (χ4v) is 3.03. The lowest BCUT2D eigenvalue weighted by Crippen LogP contribution is -2.40. The Bertz CT molecular complexity index is 658. The van der Waals surface area contributed by atoms with E-state index in [-0.39, 0.29) is 17.2 Å². The van der Waals surface area contributed by atoms with Gasteiger partial charge in [-0.15, -0.1) is 11.8 Å². The van der Waals surface area contributed by atoms with Crippen molar-refractivity contribution in [3.05, 3.63) is 59.1 Å². The SMILES string of the molecule is Cc1ccc(OC[C@H](C)NC(=O)[C@@H](C)Sc2ccc(Cl)cc2)cc1. The predicted octanol–water partition coefficient (Wildman–Crippen LogP) is 4.71. The van der Waals surface area contributed by atoms with E-state index in [0.717, 1.165) is 10.6 Å². The summed E-state index contributed by atoms with van der Waals surface area (Å²) in [6.45, 7) is 6.30. The molecule has 2 rings (SSSR count). The van der Waals surface area contributed by atoms with Crippen LogP contribution in [0.3, 0.4) is 0 Å². The lowest BCUT2D eigenvalue weighted by Gasteiger charge is -2.18. The van der Waals surface area contributed by atoms with Gasteiger partial charge in [-0.2, -0.15) is 0 Å². The van der Waals surface area contributed by atoms with E-state index in [1.165, 1.54) is 17.3 Å². The first-order valence-corrected chi connectivity index (χ1v) is 9.12. The van der Waals surface area contributed by atoms with Crippen molar-refractivity contribution >= 4 is 29.3 Å². The largest absolute Gasteiger partial charge is 0.491 e. The maximum Gasteiger partial charge on any atom is 0.233 e. The van der Waals surface area contributed by atoms with E-state index in [9.17, 15) is 4.79 Å². The third-order valence-corrected chi connectivity index (χ3v) is 4.77. The molecule has 0 bridgehead atoms. The molecule has 2 aromatic rings. The van der Waals surface area contributed by atoms with Gasteiger partial charge in [0.05, 0.1) is 11.3 Å². The molecule has 1 N–H and O–H groups in total. The molecule has 3 nitrogen and oxygen atoms in total. The van der Waals surface area contributed by atoms with Crippen molar-refractivity contribution in [3.63, 3.8) is 0 Å². The van der Waals surface area contributed by atoms with Gasteiger partial charge in [-0.25, -0.2) is 0 Å². The fraction of sp³-hybridized carbons (Fsp3) is 0.316. The molecule has 0 radical (unpaired) electrons. The van der Waals surface area contributed by atoms with Crippen LogP contribution >= 0.6 is 23.4 Å². The first-order chi connectivity index (χ1) is 11.4. The highest BCUT2D eigenvalue weighted by atomic mass is 35.5. The van der Waals surface area contributed by atoms with E-state index in [1.54, 1.807) is 0 Å². The molecule has 24 heavy (non-hydrogen) atoms. The van der Waals surface area contributed by atoms with Gasteiger partial charge < -0.3 is 10.1 Å². The number of carbonyl (C=O) groups excluding carboxylic acids is 1. The van der Waals surface area contributed by atoms with Crippen LogP contribution in [0.4, 0.5) is 0 Å². The van der Waals surface area contributed by atoms with Gasteiger partial charge in [-0.3, -0.25) is 4.79 Å². The molecule has 0 aliphatic carbocycles. The third kappa shape index (κ3) is 6.10. The summed E-state index contributed by atoms with van der Waals surface area (Å²) in [5.41, 5.74) is 1.19. The second-order valence-corrected chi connectivity index (χ2v) is 7.60. The number of aryl methyl sites for hydroxylation is 1. The minimum atomic E-state index is -0.187. The summed E-state index contributed by atoms with van der Waals surface area (Å²) in [5.74, 6) is 0.806. The maximum absolute atomic E-state index is 12.3. The highest BCUT2D eigenvalue weighted by Gasteiger charge is 2.16. The Kier molecular flexibility index (Phi) is 7.00. The molecule has 0 aromatic heterocycles. The van der Waals surface area contributed by atoms with E-state index >= 15 is 0 Å². The van der Waals surface area contributed by atoms with E-state index in [4.69, 9.17) is 16.3 Å². The molecule has 0 unspecified atom stereocenters. The molecule has 2 atom stereocenters. The first-order valence-electron chi connectivity index (χ1n) is 7.86. The van der Waals surface area contributed by atoms with E-state index < -0.39 is 0 Å². The standard InChI is InChI=1S/C19H22ClNO2S/c1-13-4-8-17(9-5-13)23-12-14(2)21-19(22)15(3)24-18-10-6-16(20)7-11-18/h4-11,14-15H,12H2,1-3H3,(H,21,22)/t14-,15+/m0/s1. The van der Waals surface area contributed by atoms with Crippen LogP contribution in [0.25, 0.3) is 0 Å². The Hall–Kier alpha value is -1.65. The Morgan fingerprint density at radius 3 is 2.38 bits per heavy atom. The van der Waals surface area contributed by atoms with Crippen LogP contribution in [0.5, 0.6) is 5.75 Å². The van der Waals surface area contributed by atoms with Gasteiger partial charge in [-0.05, 0) is 57.2 Å². The second kappa shape index (κ2) is 9.00. The summed E-state index contributed by atoms with van der Waals surface area (Å²) < 4.78 is 5.70. The minimum absolute atomic E-state index is 0.00467. The topological polar surface area (TPSA) is 38.3 Å². The zero-order chi connectivity index (χ0) is 17.5. The van der Waals surface area contributed by atoms with Crippen molar-refractivity contribution in [2.24, 2.45) is 0 Å². The molecule has 2 aromatic carbocycles. The molecule has 0 heterocycles. The van der Waals surface area contributed by atoms with Gasteiger partial charge >= 0.3 is 0 Å². The summed E-state index contributed by atoms with van der Waals surface area (Å²) >= 11 is 7.38. The van der Waals surface area contributed by atoms with Crippen LogP contribution in [0.2, 0.25) is 5.02 Å². The Morgan fingerprint density at radius 1 is 1.12 bits per heavy atom. The van der Waals surface area contributed by atoms with Crippen LogP contribution in [-0.4, -0.2) is 23.8 Å². The van der Waals surface area contributed by atoms with Gasteiger partial charge in [0.15, 0.2) is 0 Å². The normalized spacial score (nSPS) is 13.2. The average molecular weight is 364 g/mol. The lowest BCUT2D eigenvalue weighted by molar-refractivity contribution is -0.121. The molecule has 0 saturated carbocycles. The van der Waals surface area contributed by atoms with Crippen molar-refractivity contribution in [3.8, 4) is 5.75 Å². The lowest BCUT2D eigenvalue weighted by atomic mass is 10.2. The number of hydrogen-bond donors (Lipinski definition) is 1. The van der Waals surface area contributed by atoms with Crippen molar-refractivity contribution in [2.75, 3.05) is 6.61 Å². The highest BCUT2D eigenvalue weighted by Crippen LogP contribution is 2.24. The smallest absolute Gasteiger partial charge is 0.233 e. The zero-order valence-corrected chi connectivity index (χ0v) is 15.7. The monoisotopic (exact) mass is 363 g/mol. The summed E-state index contributed by atoms with van der Waals surface area (Å²) in [5, 5.41) is 3.49. The predicted molar refractivity (Wildman–Crippen MR) is 101 cm³/mol. The summed E-state index contributed by atoms with van der Waals surface area (Å²) in [7, 11) is 0. The Balaban J connectivity index is 1.77. The van der Waals surface area contributed by atoms with Gasteiger partial charge in [0.2, 0.25) is 5.91 Å². The molecule has 1 amide bonds. The molecule has 0 aliphatic rings. The van der Waals surface area contributed by atoms with E-state index in [2.05, 4.69) is 5.32 Å². The summed E-state index contributed by atoms with van der Waals surface area (Å²) in [6.07, 6.45) is 0. The Morgan fingerprint density at radius 2 is 1.75 bits per heavy atom. The summed E-state index contributed by atoms with van der Waals surface area (Å²) in [4.78, 5) is 13.3. The number of carbonyl (C=O) groups is 1. The molecule has 0 fully saturated rings. The second-order valence-electron chi connectivity index (χ2n) is 5.75. The molecule has 0 aliphatic heterocycles. The van der Waals surface area contributed by atoms with Crippen LogP contribution < -0.4 is 10.1 Å². The molecule has 0 spiro atoms. The van der Waals surface area contributed by atoms with Crippen LogP contribution in [0.15, 0.2) is 53.4 Å². The van der Waals surface area contributed by atoms with E-state index in [1.807, 2.05) is 69.3 Å². The number of halogens is 1. The highest BCUT2D eigenvalue weighted by molar-refractivity contribution is 8.00. The van der Waals surface area contributed by atoms with Gasteiger partial charge in [0, 0.05) is 9.92 Å². The quantitative estimate of drug-likeness (QED) is 0.724. The number of hydrogen-bond acceptors (Lipinski definition) is 3. The number of benzene rings is 2. The minimum Gasteiger partial charge on any atom is -0.491 e. The maximum atomic E-state index is 12.3. The number of ether oxygens (including phenoxy) is 1. The van der Waals surface area contributed by atoms with Gasteiger partial charge in [-0.1, -0.05) is 29.3 Å². The van der Waals surface area contributed by atoms with Gasteiger partial charge in [0.1, 0.15) is 12.4 Å². The average Bonchev–Trinajstić information content (AvgIpc) is 2.56. The number of rotatable bonds is 7. The number of nitrogens with one attached hydrogen (secondary N) is 1. The first kappa shape index (κ1) is 18.7. The van der Waals surface area contributed by atoms with Crippen molar-refractivity contribution in [1.29, 1.82) is 0 Å². The number of thioether (sulfide) groups is 1. The fourth-order valence-electron chi connectivity index (χ4n) is 2.03. The van der Waals surface area contributed by atoms with Crippen molar-refractivity contribution in [1.82, 2.24) is 5.32 Å². The number of amides is 1. The molecular weight excluding hydrogens is 342 g/mol. The zero-order valence-electron chi connectivity index (χ0n) is 14.1. The van der Waals surface area contributed by atoms with Crippen LogP contribution in [0.1, 0.15) is 19.4 Å². The summed E-state index contributed by atoms with van der Waals surface area (Å²) in [6, 6.07) is 15.3. The third-order valence-electron chi connectivity index (χ3n) is 3.41. The molecular formula is C19H22ClNO2S. The van der Waals surface area contributed by atoms with Crippen molar-refractivity contribution < 1.29 is 9.53 Å². The van der Waals surface area contributed by atoms with Crippen LogP contribution in [0, 0.1) is 6.92 Å². The molecule has 0 saturated heterocycles. The molecule has 5 heteroatoms. The van der Waals surface area contributed by atoms with Crippen molar-refractivity contribution in [2.45, 2.75) is 37.0 Å². The molecule has 128 valence electrons. The van der Waals surface area contributed by atoms with E-state index in [0.29, 0.717) is 11.6 Å².